The number of benzene rings is 2. The first-order valence-corrected chi connectivity index (χ1v) is 7.58. The number of anilines is 1. The summed E-state index contributed by atoms with van der Waals surface area (Å²) < 4.78 is 0. The van der Waals surface area contributed by atoms with E-state index in [0.717, 1.165) is 11.3 Å². The summed E-state index contributed by atoms with van der Waals surface area (Å²) in [6.45, 7) is 4.14. The maximum absolute atomic E-state index is 12.6. The van der Waals surface area contributed by atoms with Crippen LogP contribution >= 0.6 is 0 Å². The Bertz CT molecular complexity index is 605. The molecule has 1 N–H and O–H groups in total. The highest BCUT2D eigenvalue weighted by Crippen LogP contribution is 2.23. The van der Waals surface area contributed by atoms with Crippen molar-refractivity contribution >= 4 is 11.6 Å². The Morgan fingerprint density at radius 1 is 1.00 bits per heavy atom. The predicted molar refractivity (Wildman–Crippen MR) is 92.1 cm³/mol. The summed E-state index contributed by atoms with van der Waals surface area (Å²) in [5.41, 5.74) is 3.33. The molecule has 1 amide bonds. The molecule has 2 atom stereocenters. The van der Waals surface area contributed by atoms with E-state index < -0.39 is 0 Å². The van der Waals surface area contributed by atoms with Crippen molar-refractivity contribution in [1.29, 1.82) is 0 Å². The van der Waals surface area contributed by atoms with E-state index >= 15 is 0 Å². The zero-order chi connectivity index (χ0) is 16.1. The van der Waals surface area contributed by atoms with Gasteiger partial charge in [0, 0.05) is 25.7 Å². The van der Waals surface area contributed by atoms with E-state index in [1.807, 2.05) is 42.5 Å². The third-order valence-electron chi connectivity index (χ3n) is 3.91. The van der Waals surface area contributed by atoms with Gasteiger partial charge in [-0.3, -0.25) is 4.79 Å². The molecule has 22 heavy (non-hydrogen) atoms. The number of amides is 1. The Morgan fingerprint density at radius 3 is 2.14 bits per heavy atom. The molecule has 0 saturated heterocycles. The second kappa shape index (κ2) is 7.12. The predicted octanol–water partition coefficient (Wildman–Crippen LogP) is 3.67. The van der Waals surface area contributed by atoms with E-state index in [2.05, 4.69) is 31.3 Å². The van der Waals surface area contributed by atoms with Gasteiger partial charge in [0.05, 0.1) is 0 Å². The monoisotopic (exact) mass is 296 g/mol. The summed E-state index contributed by atoms with van der Waals surface area (Å²) in [6.07, 6.45) is 0. The molecule has 3 heteroatoms. The van der Waals surface area contributed by atoms with Gasteiger partial charge < -0.3 is 10.2 Å². The van der Waals surface area contributed by atoms with E-state index in [0.29, 0.717) is 0 Å². The number of nitrogens with one attached hydrogen (secondary N) is 1. The van der Waals surface area contributed by atoms with Crippen molar-refractivity contribution in [1.82, 2.24) is 4.90 Å². The molecule has 0 radical (unpaired) electrons. The minimum absolute atomic E-state index is 0.0805. The number of hydrogen-bond donors (Lipinski definition) is 1. The summed E-state index contributed by atoms with van der Waals surface area (Å²) in [7, 11) is 3.59. The SMILES string of the molecule is Cc1ccc(N[C@H](C(=O)N(C)C)[C@@H](C)c2ccccc2)cc1. The summed E-state index contributed by atoms with van der Waals surface area (Å²) >= 11 is 0. The Morgan fingerprint density at radius 2 is 1.59 bits per heavy atom. The zero-order valence-corrected chi connectivity index (χ0v) is 13.7. The third-order valence-corrected chi connectivity index (χ3v) is 3.91. The van der Waals surface area contributed by atoms with Crippen molar-refractivity contribution < 1.29 is 4.79 Å². The molecule has 0 fully saturated rings. The molecule has 0 aliphatic heterocycles. The molecule has 116 valence electrons. The smallest absolute Gasteiger partial charge is 0.245 e. The lowest BCUT2D eigenvalue weighted by Gasteiger charge is -2.28. The van der Waals surface area contributed by atoms with Crippen molar-refractivity contribution in [3.05, 3.63) is 65.7 Å². The first kappa shape index (κ1) is 16.1. The van der Waals surface area contributed by atoms with E-state index in [9.17, 15) is 4.79 Å². The van der Waals surface area contributed by atoms with Crippen LogP contribution in [0.25, 0.3) is 0 Å². The van der Waals surface area contributed by atoms with Crippen LogP contribution in [-0.2, 0) is 4.79 Å². The molecule has 2 rings (SSSR count). The van der Waals surface area contributed by atoms with E-state index in [-0.39, 0.29) is 17.9 Å². The highest BCUT2D eigenvalue weighted by molar-refractivity contribution is 5.85. The average molecular weight is 296 g/mol. The van der Waals surface area contributed by atoms with Gasteiger partial charge >= 0.3 is 0 Å². The Kier molecular flexibility index (Phi) is 5.21. The van der Waals surface area contributed by atoms with Crippen LogP contribution in [0.5, 0.6) is 0 Å². The number of aryl methyl sites for hydroxylation is 1. The molecule has 0 heterocycles. The molecule has 0 bridgehead atoms. The van der Waals surface area contributed by atoms with Crippen LogP contribution in [0, 0.1) is 6.92 Å². The summed E-state index contributed by atoms with van der Waals surface area (Å²) in [5.74, 6) is 0.161. The zero-order valence-electron chi connectivity index (χ0n) is 13.7. The average Bonchev–Trinajstić information content (AvgIpc) is 2.54. The van der Waals surface area contributed by atoms with Crippen LogP contribution in [-0.4, -0.2) is 30.9 Å². The first-order valence-electron chi connectivity index (χ1n) is 7.58. The molecule has 2 aromatic carbocycles. The number of hydrogen-bond acceptors (Lipinski definition) is 2. The molecule has 0 spiro atoms. The Labute approximate surface area is 133 Å². The summed E-state index contributed by atoms with van der Waals surface area (Å²) in [6, 6.07) is 18.0. The fourth-order valence-corrected chi connectivity index (χ4v) is 2.46. The fourth-order valence-electron chi connectivity index (χ4n) is 2.46. The number of likely N-dealkylation sites (N-methyl/N-ethyl adjacent to an activating group) is 1. The molecular weight excluding hydrogens is 272 g/mol. The largest absolute Gasteiger partial charge is 0.373 e. The van der Waals surface area contributed by atoms with Crippen molar-refractivity contribution in [2.75, 3.05) is 19.4 Å². The second-order valence-electron chi connectivity index (χ2n) is 5.92. The van der Waals surface area contributed by atoms with Crippen LogP contribution in [0.3, 0.4) is 0 Å². The lowest BCUT2D eigenvalue weighted by atomic mass is 9.92. The van der Waals surface area contributed by atoms with Gasteiger partial charge in [-0.1, -0.05) is 55.0 Å². The number of carbonyl (C=O) groups is 1. The van der Waals surface area contributed by atoms with E-state index in [4.69, 9.17) is 0 Å². The molecule has 0 saturated carbocycles. The van der Waals surface area contributed by atoms with Gasteiger partial charge in [-0.25, -0.2) is 0 Å². The number of rotatable bonds is 5. The molecule has 0 aliphatic rings. The van der Waals surface area contributed by atoms with Crippen LogP contribution in [0.4, 0.5) is 5.69 Å². The van der Waals surface area contributed by atoms with Gasteiger partial charge in [-0.05, 0) is 24.6 Å². The van der Waals surface area contributed by atoms with Gasteiger partial charge in [0.2, 0.25) is 5.91 Å². The standard InChI is InChI=1S/C19H24N2O/c1-14-10-12-17(13-11-14)20-18(19(22)21(3)4)15(2)16-8-6-5-7-9-16/h5-13,15,18,20H,1-4H3/t15-,18-/m0/s1. The van der Waals surface area contributed by atoms with Crippen LogP contribution in [0.15, 0.2) is 54.6 Å². The lowest BCUT2D eigenvalue weighted by molar-refractivity contribution is -0.129. The van der Waals surface area contributed by atoms with Crippen LogP contribution in [0.1, 0.15) is 24.0 Å². The topological polar surface area (TPSA) is 32.3 Å². The molecular formula is C19H24N2O. The van der Waals surface area contributed by atoms with Gasteiger partial charge in [-0.2, -0.15) is 0 Å². The summed E-state index contributed by atoms with van der Waals surface area (Å²) in [4.78, 5) is 14.2. The molecule has 3 nitrogen and oxygen atoms in total. The first-order chi connectivity index (χ1) is 10.5. The van der Waals surface area contributed by atoms with Crippen molar-refractivity contribution in [3.8, 4) is 0 Å². The summed E-state index contributed by atoms with van der Waals surface area (Å²) in [5, 5.41) is 3.39. The van der Waals surface area contributed by atoms with Crippen LogP contribution < -0.4 is 5.32 Å². The van der Waals surface area contributed by atoms with Gasteiger partial charge in [-0.15, -0.1) is 0 Å². The second-order valence-corrected chi connectivity index (χ2v) is 5.92. The Balaban J connectivity index is 2.26. The number of nitrogens with zero attached hydrogens (tertiary/aromatic N) is 1. The normalized spacial score (nSPS) is 13.3. The third kappa shape index (κ3) is 3.88. The van der Waals surface area contributed by atoms with E-state index in [1.165, 1.54) is 5.56 Å². The minimum Gasteiger partial charge on any atom is -0.373 e. The van der Waals surface area contributed by atoms with Crippen LogP contribution in [0.2, 0.25) is 0 Å². The van der Waals surface area contributed by atoms with E-state index in [1.54, 1.807) is 19.0 Å². The fraction of sp³-hybridized carbons (Fsp3) is 0.316. The van der Waals surface area contributed by atoms with Gasteiger partial charge in [0.15, 0.2) is 0 Å². The van der Waals surface area contributed by atoms with Crippen molar-refractivity contribution in [2.45, 2.75) is 25.8 Å². The lowest BCUT2D eigenvalue weighted by Crippen LogP contribution is -2.42. The van der Waals surface area contributed by atoms with Gasteiger partial charge in [0.25, 0.3) is 0 Å². The highest BCUT2D eigenvalue weighted by atomic mass is 16.2. The Hall–Kier alpha value is -2.29. The number of carbonyl (C=O) groups excluding carboxylic acids is 1. The van der Waals surface area contributed by atoms with Gasteiger partial charge in [0.1, 0.15) is 6.04 Å². The maximum Gasteiger partial charge on any atom is 0.245 e. The molecule has 0 aromatic heterocycles. The minimum atomic E-state index is -0.292. The van der Waals surface area contributed by atoms with Crippen molar-refractivity contribution in [2.24, 2.45) is 0 Å². The molecule has 2 aromatic rings. The molecule has 0 unspecified atom stereocenters. The molecule has 0 aliphatic carbocycles. The quantitative estimate of drug-likeness (QED) is 0.913. The highest BCUT2D eigenvalue weighted by Gasteiger charge is 2.27. The van der Waals surface area contributed by atoms with Crippen molar-refractivity contribution in [3.63, 3.8) is 0 Å². The maximum atomic E-state index is 12.6.